The molecule has 2 aromatic carbocycles. The highest BCUT2D eigenvalue weighted by Crippen LogP contribution is 2.43. The summed E-state index contributed by atoms with van der Waals surface area (Å²) in [5.41, 5.74) is 5.28. The Bertz CT molecular complexity index is 1170. The Kier molecular flexibility index (Phi) is 5.38. The van der Waals surface area contributed by atoms with E-state index in [0.717, 1.165) is 34.7 Å². The lowest BCUT2D eigenvalue weighted by molar-refractivity contribution is -0.128. The average molecular weight is 430 g/mol. The maximum atomic E-state index is 12.7. The highest BCUT2D eigenvalue weighted by atomic mass is 32.2. The van der Waals surface area contributed by atoms with E-state index in [1.165, 1.54) is 5.56 Å². The molecule has 0 spiro atoms. The maximum Gasteiger partial charge on any atom is 0.234 e. The van der Waals surface area contributed by atoms with E-state index < -0.39 is 0 Å². The molecule has 3 heterocycles. The first kappa shape index (κ1) is 19.7. The van der Waals surface area contributed by atoms with Crippen LogP contribution in [-0.4, -0.2) is 26.3 Å². The number of nitrogens with zero attached hydrogens (tertiary/aromatic N) is 3. The number of carbonyl (C=O) groups excluding carboxylic acids is 1. The number of hydrogen-bond acceptors (Lipinski definition) is 4. The summed E-state index contributed by atoms with van der Waals surface area (Å²) in [7, 11) is 0. The molecule has 0 radical (unpaired) electrons. The van der Waals surface area contributed by atoms with Crippen LogP contribution >= 0.6 is 11.8 Å². The molecule has 5 nitrogen and oxygen atoms in total. The van der Waals surface area contributed by atoms with Gasteiger partial charge < -0.3 is 9.32 Å². The van der Waals surface area contributed by atoms with Crippen LogP contribution in [0.15, 0.2) is 83.6 Å². The predicted molar refractivity (Wildman–Crippen MR) is 123 cm³/mol. The topological polar surface area (TPSA) is 51.3 Å². The van der Waals surface area contributed by atoms with Gasteiger partial charge in [-0.15, -0.1) is 11.8 Å². The largest absolute Gasteiger partial charge is 0.467 e. The van der Waals surface area contributed by atoms with Gasteiger partial charge in [0.15, 0.2) is 0 Å². The van der Waals surface area contributed by atoms with E-state index in [4.69, 9.17) is 9.52 Å². The Balaban J connectivity index is 1.58. The van der Waals surface area contributed by atoms with Gasteiger partial charge in [0.05, 0.1) is 29.9 Å². The van der Waals surface area contributed by atoms with Gasteiger partial charge in [0.2, 0.25) is 5.91 Å². The molecule has 1 fully saturated rings. The summed E-state index contributed by atoms with van der Waals surface area (Å²) >= 11 is 1.64. The first-order valence-corrected chi connectivity index (χ1v) is 11.5. The molecular weight excluding hydrogens is 406 g/mol. The minimum absolute atomic E-state index is 0.115. The molecular formula is C25H23N3O2S. The maximum absolute atomic E-state index is 12.7. The summed E-state index contributed by atoms with van der Waals surface area (Å²) < 4.78 is 7.43. The smallest absolute Gasteiger partial charge is 0.234 e. The summed E-state index contributed by atoms with van der Waals surface area (Å²) in [4.78, 5) is 14.6. The summed E-state index contributed by atoms with van der Waals surface area (Å²) in [6.45, 7) is 2.60. The van der Waals surface area contributed by atoms with Crippen LogP contribution in [0.3, 0.4) is 0 Å². The number of carbonyl (C=O) groups is 1. The number of aryl methyl sites for hydroxylation is 1. The van der Waals surface area contributed by atoms with Crippen molar-refractivity contribution < 1.29 is 9.21 Å². The second-order valence-corrected chi connectivity index (χ2v) is 8.60. The zero-order chi connectivity index (χ0) is 21.2. The molecule has 0 unspecified atom stereocenters. The SMILES string of the molecule is CCc1ccc(-c2nn(-c3ccccc3)cc2[C@@H]2SCC(=O)N2Cc2ccco2)cc1. The molecule has 5 rings (SSSR count). The molecule has 31 heavy (non-hydrogen) atoms. The van der Waals surface area contributed by atoms with E-state index in [0.29, 0.717) is 12.3 Å². The summed E-state index contributed by atoms with van der Waals surface area (Å²) in [6.07, 6.45) is 4.70. The van der Waals surface area contributed by atoms with Crippen molar-refractivity contribution in [3.8, 4) is 16.9 Å². The number of hydrogen-bond donors (Lipinski definition) is 0. The Morgan fingerprint density at radius 3 is 2.58 bits per heavy atom. The Labute approximate surface area is 185 Å². The molecule has 0 bridgehead atoms. The normalized spacial score (nSPS) is 16.2. The van der Waals surface area contributed by atoms with Crippen LogP contribution in [0.4, 0.5) is 0 Å². The van der Waals surface area contributed by atoms with E-state index in [9.17, 15) is 4.79 Å². The van der Waals surface area contributed by atoms with Gasteiger partial charge in [-0.25, -0.2) is 4.68 Å². The van der Waals surface area contributed by atoms with Crippen LogP contribution in [0.25, 0.3) is 16.9 Å². The summed E-state index contributed by atoms with van der Waals surface area (Å²) in [6, 6.07) is 22.4. The zero-order valence-corrected chi connectivity index (χ0v) is 18.1. The highest BCUT2D eigenvalue weighted by molar-refractivity contribution is 8.00. The van der Waals surface area contributed by atoms with E-state index in [1.54, 1.807) is 18.0 Å². The van der Waals surface area contributed by atoms with Gasteiger partial charge in [-0.2, -0.15) is 5.10 Å². The number of furan rings is 1. The molecule has 0 saturated carbocycles. The second-order valence-electron chi connectivity index (χ2n) is 7.53. The fourth-order valence-corrected chi connectivity index (χ4v) is 5.05. The monoisotopic (exact) mass is 429 g/mol. The molecule has 6 heteroatoms. The van der Waals surface area contributed by atoms with Gasteiger partial charge in [0, 0.05) is 17.3 Å². The lowest BCUT2D eigenvalue weighted by atomic mass is 10.0. The van der Waals surface area contributed by atoms with Crippen molar-refractivity contribution >= 4 is 17.7 Å². The molecule has 1 atom stereocenters. The zero-order valence-electron chi connectivity index (χ0n) is 17.3. The molecule has 156 valence electrons. The quantitative estimate of drug-likeness (QED) is 0.408. The number of rotatable bonds is 6. The highest BCUT2D eigenvalue weighted by Gasteiger charge is 2.36. The number of amides is 1. The van der Waals surface area contributed by atoms with Crippen LogP contribution in [0.2, 0.25) is 0 Å². The van der Waals surface area contributed by atoms with Gasteiger partial charge in [0.25, 0.3) is 0 Å². The van der Waals surface area contributed by atoms with Crippen molar-refractivity contribution in [1.29, 1.82) is 0 Å². The number of benzene rings is 2. The van der Waals surface area contributed by atoms with Crippen molar-refractivity contribution in [1.82, 2.24) is 14.7 Å². The van der Waals surface area contributed by atoms with Gasteiger partial charge in [0.1, 0.15) is 11.1 Å². The van der Waals surface area contributed by atoms with Crippen molar-refractivity contribution in [2.45, 2.75) is 25.3 Å². The Morgan fingerprint density at radius 1 is 1.06 bits per heavy atom. The molecule has 2 aromatic heterocycles. The lowest BCUT2D eigenvalue weighted by Gasteiger charge is -2.23. The van der Waals surface area contributed by atoms with E-state index >= 15 is 0 Å². The van der Waals surface area contributed by atoms with Gasteiger partial charge >= 0.3 is 0 Å². The van der Waals surface area contributed by atoms with Crippen molar-refractivity contribution in [3.63, 3.8) is 0 Å². The third-order valence-corrected chi connectivity index (χ3v) is 6.78. The average Bonchev–Trinajstić information content (AvgIpc) is 3.56. The van der Waals surface area contributed by atoms with Gasteiger partial charge in [-0.1, -0.05) is 49.4 Å². The minimum Gasteiger partial charge on any atom is -0.467 e. The first-order chi connectivity index (χ1) is 15.2. The number of aromatic nitrogens is 2. The van der Waals surface area contributed by atoms with Crippen LogP contribution < -0.4 is 0 Å². The summed E-state index contributed by atoms with van der Waals surface area (Å²) in [5.74, 6) is 1.35. The van der Waals surface area contributed by atoms with E-state index in [-0.39, 0.29) is 11.3 Å². The molecule has 4 aromatic rings. The Morgan fingerprint density at radius 2 is 1.87 bits per heavy atom. The fourth-order valence-electron chi connectivity index (χ4n) is 3.86. The van der Waals surface area contributed by atoms with Crippen LogP contribution in [-0.2, 0) is 17.8 Å². The third kappa shape index (κ3) is 3.91. The lowest BCUT2D eigenvalue weighted by Crippen LogP contribution is -2.27. The van der Waals surface area contributed by atoms with E-state index in [2.05, 4.69) is 37.4 Å². The molecule has 1 aliphatic heterocycles. The Hall–Kier alpha value is -3.25. The standard InChI is InChI=1S/C25H23N3O2S/c1-2-18-10-12-19(13-11-18)24-22(16-28(26-24)20-7-4-3-5-8-20)25-27(23(29)17-31-25)15-21-9-6-14-30-21/h3-14,16,25H,2,15,17H2,1H3/t25-/m0/s1. The molecule has 0 N–H and O–H groups in total. The molecule has 0 aliphatic carbocycles. The summed E-state index contributed by atoms with van der Waals surface area (Å²) in [5, 5.41) is 4.83. The third-order valence-electron chi connectivity index (χ3n) is 5.54. The molecule has 1 saturated heterocycles. The predicted octanol–water partition coefficient (Wildman–Crippen LogP) is 5.47. The minimum atomic E-state index is -0.115. The van der Waals surface area contributed by atoms with Crippen LogP contribution in [0.5, 0.6) is 0 Å². The molecule has 1 amide bonds. The second kappa shape index (κ2) is 8.47. The fraction of sp³-hybridized carbons (Fsp3) is 0.200. The van der Waals surface area contributed by atoms with Crippen molar-refractivity contribution in [2.75, 3.05) is 5.75 Å². The first-order valence-electron chi connectivity index (χ1n) is 10.4. The van der Waals surface area contributed by atoms with Crippen LogP contribution in [0.1, 0.15) is 29.2 Å². The van der Waals surface area contributed by atoms with Crippen molar-refractivity contribution in [3.05, 3.63) is 96.1 Å². The number of para-hydroxylation sites is 1. The van der Waals surface area contributed by atoms with E-state index in [1.807, 2.05) is 52.0 Å². The van der Waals surface area contributed by atoms with Crippen LogP contribution in [0, 0.1) is 0 Å². The van der Waals surface area contributed by atoms with Crippen molar-refractivity contribution in [2.24, 2.45) is 0 Å². The number of thioether (sulfide) groups is 1. The van der Waals surface area contributed by atoms with Gasteiger partial charge in [-0.3, -0.25) is 4.79 Å². The molecule has 1 aliphatic rings. The van der Waals surface area contributed by atoms with Gasteiger partial charge in [-0.05, 0) is 36.2 Å².